The van der Waals surface area contributed by atoms with Crippen LogP contribution in [0.25, 0.3) is 66.0 Å². The Hall–Kier alpha value is -5.15. The van der Waals surface area contributed by atoms with Gasteiger partial charge in [-0.3, -0.25) is 4.98 Å². The van der Waals surface area contributed by atoms with Gasteiger partial charge in [0.25, 0.3) is 0 Å². The number of para-hydroxylation sites is 2. The summed E-state index contributed by atoms with van der Waals surface area (Å²) in [5, 5.41) is 6.11. The van der Waals surface area contributed by atoms with Gasteiger partial charge in [-0.2, -0.15) is 0 Å². The molecule has 0 spiro atoms. The summed E-state index contributed by atoms with van der Waals surface area (Å²) in [6, 6.07) is 43.3. The summed E-state index contributed by atoms with van der Waals surface area (Å²) in [6.45, 7) is 0. The Morgan fingerprint density at radius 1 is 0.474 bits per heavy atom. The molecule has 0 aliphatic rings. The molecule has 3 heterocycles. The van der Waals surface area contributed by atoms with Crippen molar-refractivity contribution in [1.29, 1.82) is 0 Å². The van der Waals surface area contributed by atoms with Crippen LogP contribution in [0.2, 0.25) is 0 Å². The van der Waals surface area contributed by atoms with Crippen LogP contribution < -0.4 is 0 Å². The van der Waals surface area contributed by atoms with Crippen molar-refractivity contribution in [3.05, 3.63) is 140 Å². The van der Waals surface area contributed by atoms with Crippen molar-refractivity contribution in [2.45, 2.75) is 0 Å². The first kappa shape index (κ1) is 21.0. The minimum absolute atomic E-state index is 1.14. The lowest BCUT2D eigenvalue weighted by Crippen LogP contribution is -1.98. The van der Waals surface area contributed by atoms with Crippen molar-refractivity contribution in [2.75, 3.05) is 0 Å². The van der Waals surface area contributed by atoms with E-state index in [9.17, 15) is 0 Å². The van der Waals surface area contributed by atoms with Crippen LogP contribution in [0.1, 0.15) is 0 Å². The average molecular weight is 486 g/mol. The van der Waals surface area contributed by atoms with E-state index in [-0.39, 0.29) is 0 Å². The zero-order chi connectivity index (χ0) is 25.1. The molecule has 0 N–H and O–H groups in total. The van der Waals surface area contributed by atoms with E-state index in [2.05, 4.69) is 142 Å². The molecule has 3 aromatic heterocycles. The second-order valence-electron chi connectivity index (χ2n) is 9.73. The smallest absolute Gasteiger partial charge is 0.0788 e. The number of hydrogen-bond donors (Lipinski definition) is 0. The lowest BCUT2D eigenvalue weighted by molar-refractivity contribution is 1.12. The molecule has 8 aromatic rings. The predicted octanol–water partition coefficient (Wildman–Crippen LogP) is 8.94. The number of nitrogens with zero attached hydrogens (tertiary/aromatic N) is 3. The largest absolute Gasteiger partial charge is 0.315 e. The third-order valence-electron chi connectivity index (χ3n) is 7.62. The predicted molar refractivity (Wildman–Crippen MR) is 158 cm³/mol. The van der Waals surface area contributed by atoms with Gasteiger partial charge in [-0.1, -0.05) is 84.9 Å². The average Bonchev–Trinajstić information content (AvgIpc) is 3.57. The van der Waals surface area contributed by atoms with E-state index in [4.69, 9.17) is 0 Å². The third-order valence-corrected chi connectivity index (χ3v) is 7.62. The normalized spacial score (nSPS) is 11.7. The van der Waals surface area contributed by atoms with E-state index in [0.29, 0.717) is 0 Å². The van der Waals surface area contributed by atoms with Crippen molar-refractivity contribution in [3.8, 4) is 22.5 Å². The minimum Gasteiger partial charge on any atom is -0.315 e. The summed E-state index contributed by atoms with van der Waals surface area (Å²) in [4.78, 5) is 4.50. The van der Waals surface area contributed by atoms with E-state index < -0.39 is 0 Å². The van der Waals surface area contributed by atoms with Crippen LogP contribution in [-0.4, -0.2) is 14.1 Å². The highest BCUT2D eigenvalue weighted by Crippen LogP contribution is 2.38. The van der Waals surface area contributed by atoms with Gasteiger partial charge in [0.05, 0.1) is 16.6 Å². The van der Waals surface area contributed by atoms with Crippen molar-refractivity contribution < 1.29 is 0 Å². The molecule has 5 aromatic carbocycles. The van der Waals surface area contributed by atoms with E-state index in [0.717, 1.165) is 27.9 Å². The molecule has 0 saturated heterocycles. The second-order valence-corrected chi connectivity index (χ2v) is 9.73. The van der Waals surface area contributed by atoms with Gasteiger partial charge in [-0.05, 0) is 47.3 Å². The van der Waals surface area contributed by atoms with Crippen LogP contribution >= 0.6 is 0 Å². The summed E-state index contributed by atoms with van der Waals surface area (Å²) in [5.74, 6) is 0. The number of benzene rings is 5. The van der Waals surface area contributed by atoms with E-state index in [1.165, 1.54) is 38.1 Å². The third kappa shape index (κ3) is 3.06. The zero-order valence-corrected chi connectivity index (χ0v) is 20.6. The Balaban J connectivity index is 1.40. The molecule has 0 atom stereocenters. The van der Waals surface area contributed by atoms with Crippen LogP contribution in [0.5, 0.6) is 0 Å². The topological polar surface area (TPSA) is 22.8 Å². The molecule has 0 unspecified atom stereocenters. The van der Waals surface area contributed by atoms with Gasteiger partial charge in [-0.15, -0.1) is 0 Å². The molecular formula is C35H23N3. The fraction of sp³-hybridized carbons (Fsp3) is 0. The Labute approximate surface area is 219 Å². The van der Waals surface area contributed by atoms with Crippen molar-refractivity contribution in [3.63, 3.8) is 0 Å². The molecule has 3 nitrogen and oxygen atoms in total. The lowest BCUT2D eigenvalue weighted by Gasteiger charge is -2.13. The lowest BCUT2D eigenvalue weighted by atomic mass is 10.0. The fourth-order valence-corrected chi connectivity index (χ4v) is 5.88. The maximum absolute atomic E-state index is 4.50. The Morgan fingerprint density at radius 2 is 1.24 bits per heavy atom. The highest BCUT2D eigenvalue weighted by Gasteiger charge is 2.18. The molecule has 38 heavy (non-hydrogen) atoms. The van der Waals surface area contributed by atoms with Crippen LogP contribution in [0.15, 0.2) is 140 Å². The monoisotopic (exact) mass is 485 g/mol. The maximum Gasteiger partial charge on any atom is 0.0788 e. The first-order valence-corrected chi connectivity index (χ1v) is 12.9. The molecule has 8 rings (SSSR count). The zero-order valence-electron chi connectivity index (χ0n) is 20.6. The van der Waals surface area contributed by atoms with Crippen molar-refractivity contribution in [2.24, 2.45) is 0 Å². The first-order chi connectivity index (χ1) is 18.9. The van der Waals surface area contributed by atoms with Gasteiger partial charge in [0.15, 0.2) is 0 Å². The van der Waals surface area contributed by atoms with Crippen LogP contribution in [0.4, 0.5) is 0 Å². The molecule has 0 fully saturated rings. The van der Waals surface area contributed by atoms with Crippen LogP contribution in [0.3, 0.4) is 0 Å². The van der Waals surface area contributed by atoms with E-state index in [1.807, 2.05) is 12.4 Å². The summed E-state index contributed by atoms with van der Waals surface area (Å²) in [5.41, 5.74) is 8.25. The van der Waals surface area contributed by atoms with Gasteiger partial charge < -0.3 is 9.13 Å². The number of aromatic nitrogens is 3. The number of fused-ring (bicyclic) bond motifs is 6. The van der Waals surface area contributed by atoms with Gasteiger partial charge >= 0.3 is 0 Å². The Kier molecular flexibility index (Phi) is 4.52. The summed E-state index contributed by atoms with van der Waals surface area (Å²) < 4.78 is 4.72. The van der Waals surface area contributed by atoms with E-state index >= 15 is 0 Å². The molecule has 0 radical (unpaired) electrons. The van der Waals surface area contributed by atoms with Gasteiger partial charge in [-0.25, -0.2) is 0 Å². The summed E-state index contributed by atoms with van der Waals surface area (Å²) in [7, 11) is 0. The summed E-state index contributed by atoms with van der Waals surface area (Å²) in [6.07, 6.45) is 6.07. The highest BCUT2D eigenvalue weighted by molar-refractivity contribution is 6.18. The first-order valence-electron chi connectivity index (χ1n) is 12.9. The second kappa shape index (κ2) is 8.19. The molecule has 0 amide bonds. The Bertz CT molecular complexity index is 2110. The molecule has 0 aliphatic carbocycles. The molecule has 0 saturated carbocycles. The molecule has 178 valence electrons. The SMILES string of the molecule is c1ccc(-n2ccc3ccc4c5ccccc5n(-c5ccc(-c6cncc7ccccc67)cc5)c4c32)cc1. The van der Waals surface area contributed by atoms with Gasteiger partial charge in [0.1, 0.15) is 0 Å². The number of rotatable bonds is 3. The quantitative estimate of drug-likeness (QED) is 0.245. The van der Waals surface area contributed by atoms with Crippen LogP contribution in [-0.2, 0) is 0 Å². The van der Waals surface area contributed by atoms with Gasteiger partial charge in [0.2, 0.25) is 0 Å². The van der Waals surface area contributed by atoms with E-state index in [1.54, 1.807) is 0 Å². The number of pyridine rings is 1. The fourth-order valence-electron chi connectivity index (χ4n) is 5.88. The molecule has 3 heteroatoms. The maximum atomic E-state index is 4.50. The van der Waals surface area contributed by atoms with Crippen LogP contribution in [0, 0.1) is 0 Å². The van der Waals surface area contributed by atoms with Crippen molar-refractivity contribution in [1.82, 2.24) is 14.1 Å². The number of hydrogen-bond acceptors (Lipinski definition) is 1. The molecule has 0 bridgehead atoms. The molecular weight excluding hydrogens is 462 g/mol. The molecule has 0 aliphatic heterocycles. The highest BCUT2D eigenvalue weighted by atomic mass is 15.0. The van der Waals surface area contributed by atoms with Crippen molar-refractivity contribution >= 4 is 43.5 Å². The van der Waals surface area contributed by atoms with Gasteiger partial charge in [0, 0.05) is 57.1 Å². The standard InChI is InChI=1S/C35H23N3/c1-2-9-27(10-3-1)37-21-20-25-16-19-31-30-12-6-7-13-33(30)38(35(31)34(25)37)28-17-14-24(15-18-28)32-23-36-22-26-8-4-5-11-29(26)32/h1-23H. The summed E-state index contributed by atoms with van der Waals surface area (Å²) >= 11 is 0. The Morgan fingerprint density at radius 3 is 2.11 bits per heavy atom. The minimum atomic E-state index is 1.14.